The van der Waals surface area contributed by atoms with E-state index in [2.05, 4.69) is 29.8 Å². The Morgan fingerprint density at radius 3 is 1.23 bits per heavy atom. The van der Waals surface area contributed by atoms with Crippen LogP contribution in [0.4, 0.5) is 0 Å². The first-order valence-corrected chi connectivity index (χ1v) is 47.3. The Hall–Kier alpha value is -11.6. The molecule has 2 aromatic rings. The quantitative estimate of drug-likeness (QED) is 0.0145. The summed E-state index contributed by atoms with van der Waals surface area (Å²) < 4.78 is 4.93. The maximum atomic E-state index is 12.0. The number of rotatable bonds is 77. The Kier molecular flexibility index (Phi) is 76.7. The summed E-state index contributed by atoms with van der Waals surface area (Å²) >= 11 is 0. The number of aliphatic carboxylic acids is 8. The molecule has 6 amide bonds. The smallest absolute Gasteiger partial charge is 0.373 e. The number of hydroxylamine groups is 6. The molecule has 0 saturated carbocycles. The second-order valence-corrected chi connectivity index (χ2v) is 35.4. The normalized spacial score (nSPS) is 11.0. The molecule has 47 nitrogen and oxygen atoms in total. The highest BCUT2D eigenvalue weighted by molar-refractivity contribution is 5.85. The first kappa shape index (κ1) is 133. The van der Waals surface area contributed by atoms with E-state index in [9.17, 15) is 112 Å². The Morgan fingerprint density at radius 1 is 0.383 bits per heavy atom. The van der Waals surface area contributed by atoms with E-state index in [-0.39, 0.29) is 234 Å². The summed E-state index contributed by atoms with van der Waals surface area (Å²) in [7, 11) is 1.71. The lowest BCUT2D eigenvalue weighted by atomic mass is 10.0. The van der Waals surface area contributed by atoms with Gasteiger partial charge in [-0.25, -0.2) is 15.2 Å². The molecular formula is C94H158N14O33. The van der Waals surface area contributed by atoms with Gasteiger partial charge in [-0.05, 0) is 128 Å². The number of carbonyl (C=O) groups is 17. The number of aromatic hydroxyl groups is 2. The van der Waals surface area contributed by atoms with Gasteiger partial charge in [0.1, 0.15) is 29.8 Å². The number of unbranched alkanes of at least 4 members (excludes halogenated alkanes) is 8. The molecule has 0 aliphatic rings. The van der Waals surface area contributed by atoms with Crippen LogP contribution in [0.25, 0.3) is 0 Å². The number of phenolic OH excluding ortho intramolecular Hbond substituents is 2. The molecule has 0 radical (unpaired) electrons. The Bertz CT molecular complexity index is 4060. The number of nitrogens with zero attached hydrogens (tertiary/aromatic N) is 11. The predicted molar refractivity (Wildman–Crippen MR) is 511 cm³/mol. The van der Waals surface area contributed by atoms with E-state index in [1.807, 2.05) is 53.4 Å². The summed E-state index contributed by atoms with van der Waals surface area (Å²) in [6, 6.07) is 9.87. The third-order valence-electron chi connectivity index (χ3n) is 20.7. The molecule has 141 heavy (non-hydrogen) atoms. The van der Waals surface area contributed by atoms with Crippen LogP contribution in [0.5, 0.6) is 11.5 Å². The molecule has 47 heteroatoms. The fourth-order valence-electron chi connectivity index (χ4n) is 13.6. The number of hydrogen-bond acceptors (Lipinski definition) is 33. The summed E-state index contributed by atoms with van der Waals surface area (Å²) in [6.07, 6.45) is 11.7. The minimum atomic E-state index is -1.21. The zero-order valence-electron chi connectivity index (χ0n) is 83.9. The van der Waals surface area contributed by atoms with Crippen molar-refractivity contribution in [1.29, 1.82) is 0 Å². The molecule has 0 saturated heterocycles. The second-order valence-electron chi connectivity index (χ2n) is 35.4. The van der Waals surface area contributed by atoms with Gasteiger partial charge in [0.15, 0.2) is 0 Å². The summed E-state index contributed by atoms with van der Waals surface area (Å²) in [5.41, 5.74) is 2.55. The lowest BCUT2D eigenvalue weighted by Crippen LogP contribution is -2.46. The van der Waals surface area contributed by atoms with E-state index in [0.717, 1.165) is 54.6 Å². The monoisotopic (exact) mass is 2010 g/mol. The van der Waals surface area contributed by atoms with Crippen molar-refractivity contribution >= 4 is 107 Å². The van der Waals surface area contributed by atoms with E-state index in [4.69, 9.17) is 50.1 Å². The van der Waals surface area contributed by atoms with Crippen LogP contribution in [0.2, 0.25) is 0 Å². The van der Waals surface area contributed by atoms with Crippen molar-refractivity contribution in [1.82, 2.24) is 70.3 Å². The third kappa shape index (κ3) is 79.7. The van der Waals surface area contributed by atoms with Crippen molar-refractivity contribution in [2.45, 2.75) is 236 Å². The van der Waals surface area contributed by atoms with Gasteiger partial charge in [-0.3, -0.25) is 136 Å². The Morgan fingerprint density at radius 2 is 0.773 bits per heavy atom. The highest BCUT2D eigenvalue weighted by Gasteiger charge is 2.25. The first-order chi connectivity index (χ1) is 66.3. The minimum Gasteiger partial charge on any atom is -0.508 e. The molecule has 802 valence electrons. The van der Waals surface area contributed by atoms with Crippen molar-refractivity contribution in [3.63, 3.8) is 0 Å². The highest BCUT2D eigenvalue weighted by Crippen LogP contribution is 2.25. The molecule has 0 aliphatic heterocycles. The number of hydrogen-bond donors (Lipinski definition) is 16. The van der Waals surface area contributed by atoms with Gasteiger partial charge in [-0.15, -0.1) is 0 Å². The van der Waals surface area contributed by atoms with E-state index >= 15 is 0 Å². The molecule has 0 aliphatic carbocycles. The maximum Gasteiger partial charge on any atom is 0.373 e. The van der Waals surface area contributed by atoms with Crippen LogP contribution in [0.3, 0.4) is 0 Å². The Balaban J connectivity index is -0.00000182. The topological polar surface area (TPSA) is 668 Å². The van der Waals surface area contributed by atoms with Gasteiger partial charge in [0.05, 0.1) is 58.9 Å². The molecule has 2 aromatic carbocycles. The summed E-state index contributed by atoms with van der Waals surface area (Å²) in [5, 5.41) is 132. The van der Waals surface area contributed by atoms with Gasteiger partial charge in [0, 0.05) is 186 Å². The molecule has 0 unspecified atom stereocenters. The number of phenols is 2. The molecule has 0 heterocycles. The average molecular weight is 2010 g/mol. The number of benzene rings is 2. The fourth-order valence-corrected chi connectivity index (χ4v) is 13.6. The highest BCUT2D eigenvalue weighted by atomic mass is 16.5. The van der Waals surface area contributed by atoms with Crippen molar-refractivity contribution in [3.8, 4) is 11.5 Å². The van der Waals surface area contributed by atoms with Crippen LogP contribution in [0.1, 0.15) is 220 Å². The molecule has 0 bridgehead atoms. The minimum absolute atomic E-state index is 0.0000122. The standard InChI is InChI=1S/C30H56N4O8.C29H39N3O9.C18H31N3O9.C16H32N4O5.CO2/c1-25(2)15-9-4-6-13-23-34(42)30(39)20-18-28(37)31-21-11-8-14-24-33(41)29(38)19-17-27(36)16-10-5-7-12-22-32(40)26(3)35;1-20(2)30-27(36)9-5-21-3-7-25(34)23(13-21)15-31(17-29(39)40)11-12-32(18-41-19-33)16-24-14-22(4-8-26(24)35)6-10-28(37)38;1-13(2)7-14(22)8-20(10-16(25)26)5-3-19(9-15(23)24)4-6-21(11-17(27)28)12-18(29)30;1-5-19(12-16(24)25)8-9-20(10-14(21)17-13(2)3)7-6-18(4)11-15(22)23;2-1-3/h25,40-42H,4-24H2,1-3H3,(H,31,37);3-4,7-8,13-14,19-20,34-35H,5-6,9-12,15-18H2,1-2H3,(H,30,36)(H,37,38)(H,39,40);13H,3-12H2,1-2H3,(H,23,24)(H,25,26)(H,27,28)(H,29,30);13H,5-12H2,1-4H3,(H,17,21)(H,22,23)(H,24,25);. The van der Waals surface area contributed by atoms with E-state index in [1.54, 1.807) is 50.9 Å². The van der Waals surface area contributed by atoms with Gasteiger partial charge in [-0.1, -0.05) is 97.4 Å². The number of aryl methyl sites for hydroxylation is 2. The molecule has 0 spiro atoms. The predicted octanol–water partition coefficient (Wildman–Crippen LogP) is 4.22. The van der Waals surface area contributed by atoms with Crippen molar-refractivity contribution in [3.05, 3.63) is 58.7 Å². The zero-order chi connectivity index (χ0) is 107. The maximum absolute atomic E-state index is 12.0. The number of Topliss-reactive ketones (excluding diaryl/α,β-unsaturated/α-hetero) is 2. The van der Waals surface area contributed by atoms with Gasteiger partial charge in [0.2, 0.25) is 35.4 Å². The largest absolute Gasteiger partial charge is 0.508 e. The molecule has 2 rings (SSSR count). The Labute approximate surface area is 825 Å². The van der Waals surface area contributed by atoms with Gasteiger partial charge >= 0.3 is 53.9 Å². The van der Waals surface area contributed by atoms with Gasteiger partial charge in [0.25, 0.3) is 6.47 Å². The molecule has 0 aromatic heterocycles. The number of ether oxygens (including phenoxy) is 1. The van der Waals surface area contributed by atoms with Crippen LogP contribution in [-0.2, 0) is 122 Å². The van der Waals surface area contributed by atoms with Crippen LogP contribution in [0.15, 0.2) is 36.4 Å². The summed E-state index contributed by atoms with van der Waals surface area (Å²) in [6.45, 7) is 21.7. The molecular weight excluding hydrogens is 1850 g/mol. The lowest BCUT2D eigenvalue weighted by molar-refractivity contribution is -0.192. The van der Waals surface area contributed by atoms with Crippen molar-refractivity contribution < 1.29 is 163 Å². The molecule has 0 fully saturated rings. The third-order valence-corrected chi connectivity index (χ3v) is 20.7. The van der Waals surface area contributed by atoms with Crippen molar-refractivity contribution in [2.24, 2.45) is 11.8 Å². The number of carbonyl (C=O) groups excluding carboxylic acids is 11. The van der Waals surface area contributed by atoms with E-state index < -0.39 is 85.1 Å². The average Bonchev–Trinajstić information content (AvgIpc) is 0.837. The number of amides is 6. The SMILES string of the molecule is CC(=O)N(O)CCCCCCC(=O)CCC(=O)N(O)CCCCCNC(=O)CCC(=O)N(O)CCCCCCC(C)C.CC(C)CC(=O)CN(CCN(CCN(CC(=O)O)CC(=O)O)CC(=O)O)CC(=O)O.CC(C)NC(=O)CCc1ccc(O)c(CN(CCN(COC=O)Cc2cc(CCC(=O)O)ccc2O)CC(=O)O)c1.CCN(CCN(CCN(C)CC(=O)O)CC(=O)NC(C)C)CC(=O)O.O=C=O. The van der Waals surface area contributed by atoms with Gasteiger partial charge < -0.3 is 71.8 Å². The van der Waals surface area contributed by atoms with E-state index in [0.29, 0.717) is 123 Å². The van der Waals surface area contributed by atoms with Crippen LogP contribution < -0.4 is 16.0 Å². The number of carboxylic acid groups (broad SMARTS) is 8. The number of nitrogens with one attached hydrogen (secondary N) is 3. The van der Waals surface area contributed by atoms with Crippen LogP contribution in [0, 0.1) is 11.8 Å². The van der Waals surface area contributed by atoms with Gasteiger partial charge in [-0.2, -0.15) is 9.59 Å². The number of ketones is 2. The zero-order valence-corrected chi connectivity index (χ0v) is 83.9. The first-order valence-electron chi connectivity index (χ1n) is 47.3. The van der Waals surface area contributed by atoms with Crippen molar-refractivity contribution in [2.75, 3.05) is 171 Å². The number of carboxylic acids is 8. The fraction of sp³-hybridized carbons (Fsp3) is 0.681. The summed E-state index contributed by atoms with van der Waals surface area (Å²) in [4.78, 5) is 223. The van der Waals surface area contributed by atoms with Crippen LogP contribution >= 0.6 is 0 Å². The molecule has 0 atom stereocenters. The lowest BCUT2D eigenvalue weighted by Gasteiger charge is -2.27. The second kappa shape index (κ2) is 81.0. The van der Waals surface area contributed by atoms with Crippen LogP contribution in [-0.4, -0.2) is 411 Å². The van der Waals surface area contributed by atoms with E-state index in [1.165, 1.54) is 35.3 Å². The summed E-state index contributed by atoms with van der Waals surface area (Å²) in [5.74, 6) is -9.63. The number of likely N-dealkylation sites (N-methyl/N-ethyl adjacent to an activating group) is 2. The molecule has 16 N–H and O–H groups in total.